The van der Waals surface area contributed by atoms with E-state index in [0.29, 0.717) is 12.2 Å². The zero-order valence-electron chi connectivity index (χ0n) is 16.4. The second-order valence-electron chi connectivity index (χ2n) is 7.83. The summed E-state index contributed by atoms with van der Waals surface area (Å²) >= 11 is 1.50. The van der Waals surface area contributed by atoms with Crippen LogP contribution >= 0.6 is 11.8 Å². The van der Waals surface area contributed by atoms with Gasteiger partial charge in [-0.1, -0.05) is 60.7 Å². The van der Waals surface area contributed by atoms with E-state index in [1.807, 2.05) is 60.7 Å². The molecule has 6 heteroatoms. The van der Waals surface area contributed by atoms with Crippen LogP contribution in [0, 0.1) is 0 Å². The molecule has 0 radical (unpaired) electrons. The van der Waals surface area contributed by atoms with Crippen molar-refractivity contribution in [3.8, 4) is 0 Å². The van der Waals surface area contributed by atoms with Gasteiger partial charge in [-0.2, -0.15) is 0 Å². The van der Waals surface area contributed by atoms with Gasteiger partial charge in [-0.05, 0) is 38.3 Å². The van der Waals surface area contributed by atoms with E-state index in [2.05, 4.69) is 0 Å². The van der Waals surface area contributed by atoms with Gasteiger partial charge in [0.05, 0.1) is 6.54 Å². The third kappa shape index (κ3) is 5.07. The average molecular weight is 400 g/mol. The van der Waals surface area contributed by atoms with Gasteiger partial charge in [-0.3, -0.25) is 0 Å². The Morgan fingerprint density at radius 2 is 1.64 bits per heavy atom. The van der Waals surface area contributed by atoms with Crippen LogP contribution in [-0.4, -0.2) is 34.0 Å². The predicted molar refractivity (Wildman–Crippen MR) is 110 cm³/mol. The Hall–Kier alpha value is -2.47. The Kier molecular flexibility index (Phi) is 5.98. The first kappa shape index (κ1) is 20.3. The predicted octanol–water partition coefficient (Wildman–Crippen LogP) is 4.61. The smallest absolute Gasteiger partial charge is 0.442 e. The Morgan fingerprint density at radius 1 is 1.07 bits per heavy atom. The number of hydrogen-bond acceptors (Lipinski definition) is 5. The zero-order chi connectivity index (χ0) is 20.2. The number of hydroxylamine groups is 2. The topological polar surface area (TPSA) is 55.8 Å². The molecule has 1 aliphatic heterocycles. The molecule has 1 atom stereocenters. The highest BCUT2D eigenvalue weighted by molar-refractivity contribution is 8.00. The molecule has 0 aliphatic carbocycles. The van der Waals surface area contributed by atoms with Crippen LogP contribution in [-0.2, 0) is 26.5 Å². The maximum Gasteiger partial charge on any atom is 0.443 e. The molecular formula is C22H25NO4S. The summed E-state index contributed by atoms with van der Waals surface area (Å²) in [6.07, 6.45) is -0.167. The van der Waals surface area contributed by atoms with E-state index in [4.69, 9.17) is 9.57 Å². The van der Waals surface area contributed by atoms with Crippen molar-refractivity contribution in [1.29, 1.82) is 0 Å². The van der Waals surface area contributed by atoms with Gasteiger partial charge in [0.15, 0.2) is 0 Å². The molecule has 1 heterocycles. The van der Waals surface area contributed by atoms with E-state index < -0.39 is 22.4 Å². The van der Waals surface area contributed by atoms with Crippen molar-refractivity contribution >= 4 is 23.8 Å². The van der Waals surface area contributed by atoms with Crippen LogP contribution in [0.1, 0.15) is 31.9 Å². The molecule has 3 rings (SSSR count). The minimum absolute atomic E-state index is 0.146. The number of amides is 1. The van der Waals surface area contributed by atoms with Gasteiger partial charge in [0.25, 0.3) is 0 Å². The van der Waals surface area contributed by atoms with Crippen LogP contribution < -0.4 is 0 Å². The van der Waals surface area contributed by atoms with Crippen LogP contribution in [0.3, 0.4) is 0 Å². The van der Waals surface area contributed by atoms with Gasteiger partial charge in [0.2, 0.25) is 0 Å². The Bertz CT molecular complexity index is 819. The lowest BCUT2D eigenvalue weighted by Gasteiger charge is -2.25. The summed E-state index contributed by atoms with van der Waals surface area (Å²) in [4.78, 5) is 30.7. The zero-order valence-corrected chi connectivity index (χ0v) is 17.2. The molecule has 0 bridgehead atoms. The van der Waals surface area contributed by atoms with Gasteiger partial charge in [-0.15, -0.1) is 16.8 Å². The molecule has 1 amide bonds. The normalized spacial score (nSPS) is 19.4. The van der Waals surface area contributed by atoms with E-state index in [-0.39, 0.29) is 6.54 Å². The standard InChI is InChI=1S/C22H25NO4S/c1-21(2,3)26-20(25)23-16-22(19(24)27-23,14-17-10-6-4-7-11-17)28-15-18-12-8-5-9-13-18/h4-13H,14-16H2,1-3H3/t22-/m0/s1. The molecule has 0 unspecified atom stereocenters. The van der Waals surface area contributed by atoms with Crippen LogP contribution in [0.2, 0.25) is 0 Å². The van der Waals surface area contributed by atoms with E-state index in [1.54, 1.807) is 20.8 Å². The lowest BCUT2D eigenvalue weighted by atomic mass is 9.99. The fourth-order valence-electron chi connectivity index (χ4n) is 2.93. The van der Waals surface area contributed by atoms with E-state index in [0.717, 1.165) is 16.2 Å². The number of rotatable bonds is 5. The van der Waals surface area contributed by atoms with E-state index in [1.165, 1.54) is 11.8 Å². The lowest BCUT2D eigenvalue weighted by molar-refractivity contribution is -0.166. The molecule has 1 saturated heterocycles. The third-order valence-electron chi connectivity index (χ3n) is 4.25. The van der Waals surface area contributed by atoms with Crippen LogP contribution in [0.25, 0.3) is 0 Å². The molecule has 148 valence electrons. The molecule has 0 N–H and O–H groups in total. The second kappa shape index (κ2) is 8.27. The van der Waals surface area contributed by atoms with E-state index in [9.17, 15) is 9.59 Å². The summed E-state index contributed by atoms with van der Waals surface area (Å²) < 4.78 is 4.50. The minimum Gasteiger partial charge on any atom is -0.442 e. The van der Waals surface area contributed by atoms with Gasteiger partial charge < -0.3 is 9.57 Å². The van der Waals surface area contributed by atoms with Crippen LogP contribution in [0.5, 0.6) is 0 Å². The molecule has 2 aromatic carbocycles. The summed E-state index contributed by atoms with van der Waals surface area (Å²) in [6.45, 7) is 5.49. The maximum atomic E-state index is 12.9. The minimum atomic E-state index is -0.881. The average Bonchev–Trinajstić information content (AvgIpc) is 2.97. The van der Waals surface area contributed by atoms with Crippen molar-refractivity contribution in [2.24, 2.45) is 0 Å². The Balaban J connectivity index is 1.81. The molecule has 1 aliphatic rings. The summed E-state index contributed by atoms with van der Waals surface area (Å²) in [5, 5.41) is 1.05. The number of hydrogen-bond donors (Lipinski definition) is 0. The fraction of sp³-hybridized carbons (Fsp3) is 0.364. The molecule has 1 fully saturated rings. The Morgan fingerprint density at radius 3 is 2.21 bits per heavy atom. The first-order valence-electron chi connectivity index (χ1n) is 9.22. The number of benzene rings is 2. The summed E-state index contributed by atoms with van der Waals surface area (Å²) in [5.74, 6) is 0.230. The first-order valence-corrected chi connectivity index (χ1v) is 10.2. The highest BCUT2D eigenvalue weighted by atomic mass is 32.2. The van der Waals surface area contributed by atoms with Crippen LogP contribution in [0.4, 0.5) is 4.79 Å². The van der Waals surface area contributed by atoms with Crippen molar-refractivity contribution in [2.75, 3.05) is 6.54 Å². The number of carbonyl (C=O) groups is 2. The Labute approximate surface area is 170 Å². The first-order chi connectivity index (χ1) is 13.3. The van der Waals surface area contributed by atoms with Crippen molar-refractivity contribution in [3.63, 3.8) is 0 Å². The van der Waals surface area contributed by atoms with Gasteiger partial charge in [-0.25, -0.2) is 9.59 Å². The van der Waals surface area contributed by atoms with Crippen LogP contribution in [0.15, 0.2) is 60.7 Å². The van der Waals surface area contributed by atoms with Crippen molar-refractivity contribution in [2.45, 2.75) is 43.3 Å². The second-order valence-corrected chi connectivity index (χ2v) is 9.19. The molecule has 2 aromatic rings. The maximum absolute atomic E-state index is 12.9. The molecule has 0 spiro atoms. The molecule has 0 aromatic heterocycles. The monoisotopic (exact) mass is 399 g/mol. The van der Waals surface area contributed by atoms with Crippen molar-refractivity contribution in [3.05, 3.63) is 71.8 Å². The lowest BCUT2D eigenvalue weighted by Crippen LogP contribution is -2.40. The SMILES string of the molecule is CC(C)(C)OC(=O)N1C[C@](Cc2ccccc2)(SCc2ccccc2)C(=O)O1. The van der Waals surface area contributed by atoms with E-state index >= 15 is 0 Å². The van der Waals surface area contributed by atoms with Gasteiger partial charge >= 0.3 is 12.1 Å². The number of ether oxygens (including phenoxy) is 1. The molecule has 0 saturated carbocycles. The quantitative estimate of drug-likeness (QED) is 0.735. The summed E-state index contributed by atoms with van der Waals surface area (Å²) in [5.41, 5.74) is 1.47. The number of carbonyl (C=O) groups excluding carboxylic acids is 2. The molecular weight excluding hydrogens is 374 g/mol. The molecule has 5 nitrogen and oxygen atoms in total. The van der Waals surface area contributed by atoms with Crippen molar-refractivity contribution in [1.82, 2.24) is 5.06 Å². The van der Waals surface area contributed by atoms with Gasteiger partial charge in [0.1, 0.15) is 10.3 Å². The summed E-state index contributed by atoms with van der Waals surface area (Å²) in [7, 11) is 0. The fourth-order valence-corrected chi connectivity index (χ4v) is 4.20. The number of nitrogens with zero attached hydrogens (tertiary/aromatic N) is 1. The highest BCUT2D eigenvalue weighted by Gasteiger charge is 2.52. The number of thioether (sulfide) groups is 1. The summed E-state index contributed by atoms with van der Waals surface area (Å²) in [6, 6.07) is 19.7. The third-order valence-corrected chi connectivity index (χ3v) is 5.72. The largest absolute Gasteiger partial charge is 0.443 e. The highest BCUT2D eigenvalue weighted by Crippen LogP contribution is 2.39. The van der Waals surface area contributed by atoms with Gasteiger partial charge in [0, 0.05) is 5.75 Å². The molecule has 28 heavy (non-hydrogen) atoms. The van der Waals surface area contributed by atoms with Crippen molar-refractivity contribution < 1.29 is 19.2 Å².